The molecule has 8 nitrogen and oxygen atoms in total. The zero-order chi connectivity index (χ0) is 22.9. The first kappa shape index (κ1) is 23.2. The molecule has 0 aromatic heterocycles. The van der Waals surface area contributed by atoms with Crippen LogP contribution in [0.4, 0.5) is 0 Å². The lowest BCUT2D eigenvalue weighted by Crippen LogP contribution is -2.43. The van der Waals surface area contributed by atoms with Gasteiger partial charge in [0.15, 0.2) is 29.6 Å². The molecule has 2 aromatic rings. The van der Waals surface area contributed by atoms with Gasteiger partial charge in [0.1, 0.15) is 0 Å². The van der Waals surface area contributed by atoms with Gasteiger partial charge in [-0.05, 0) is 49.1 Å². The number of carbonyl (C=O) groups is 2. The normalized spacial score (nSPS) is 13.9. The summed E-state index contributed by atoms with van der Waals surface area (Å²) >= 11 is 0. The first-order valence-corrected chi connectivity index (χ1v) is 10.6. The van der Waals surface area contributed by atoms with E-state index in [0.29, 0.717) is 54.1 Å². The topological polar surface area (TPSA) is 86.3 Å². The lowest BCUT2D eigenvalue weighted by Gasteiger charge is -2.32. The van der Waals surface area contributed by atoms with Crippen LogP contribution in [0.3, 0.4) is 0 Å². The summed E-state index contributed by atoms with van der Waals surface area (Å²) in [7, 11) is 4.66. The zero-order valence-electron chi connectivity index (χ0n) is 18.8. The van der Waals surface area contributed by atoms with Crippen LogP contribution < -0.4 is 24.3 Å². The van der Waals surface area contributed by atoms with Gasteiger partial charge in [-0.3, -0.25) is 9.59 Å². The molecule has 0 aliphatic carbocycles. The number of methoxy groups -OCH3 is 3. The minimum absolute atomic E-state index is 0.0267. The van der Waals surface area contributed by atoms with Crippen LogP contribution in [-0.2, 0) is 4.79 Å². The van der Waals surface area contributed by atoms with E-state index in [4.69, 9.17) is 18.9 Å². The number of para-hydroxylation sites is 2. The van der Waals surface area contributed by atoms with Crippen LogP contribution in [0.5, 0.6) is 23.0 Å². The fraction of sp³-hybridized carbons (Fsp3) is 0.417. The molecule has 1 aliphatic rings. The van der Waals surface area contributed by atoms with Crippen molar-refractivity contribution in [3.05, 3.63) is 48.0 Å². The molecule has 32 heavy (non-hydrogen) atoms. The van der Waals surface area contributed by atoms with Crippen molar-refractivity contribution in [1.29, 1.82) is 0 Å². The minimum atomic E-state index is -0.158. The molecule has 172 valence electrons. The summed E-state index contributed by atoms with van der Waals surface area (Å²) in [5.41, 5.74) is 0.517. The summed E-state index contributed by atoms with van der Waals surface area (Å²) in [4.78, 5) is 26.8. The van der Waals surface area contributed by atoms with Crippen molar-refractivity contribution in [2.45, 2.75) is 12.8 Å². The maximum Gasteiger partial charge on any atom is 0.260 e. The van der Waals surface area contributed by atoms with Gasteiger partial charge in [0.05, 0.1) is 21.3 Å². The zero-order valence-corrected chi connectivity index (χ0v) is 18.8. The number of hydrogen-bond acceptors (Lipinski definition) is 6. The third kappa shape index (κ3) is 5.84. The van der Waals surface area contributed by atoms with E-state index in [1.165, 1.54) is 7.11 Å². The molecule has 0 unspecified atom stereocenters. The van der Waals surface area contributed by atoms with E-state index in [-0.39, 0.29) is 18.4 Å². The first-order valence-electron chi connectivity index (χ1n) is 10.6. The Kier molecular flexibility index (Phi) is 8.19. The molecule has 0 bridgehead atoms. The summed E-state index contributed by atoms with van der Waals surface area (Å²) in [5.74, 6) is 2.36. The number of nitrogens with one attached hydrogen (secondary N) is 1. The third-order valence-electron chi connectivity index (χ3n) is 5.58. The van der Waals surface area contributed by atoms with Gasteiger partial charge in [0, 0.05) is 25.2 Å². The molecule has 0 radical (unpaired) electrons. The Balaban J connectivity index is 1.42. The highest BCUT2D eigenvalue weighted by Crippen LogP contribution is 2.28. The van der Waals surface area contributed by atoms with Gasteiger partial charge in [0.25, 0.3) is 11.8 Å². The average Bonchev–Trinajstić information content (AvgIpc) is 2.85. The van der Waals surface area contributed by atoms with Gasteiger partial charge >= 0.3 is 0 Å². The van der Waals surface area contributed by atoms with E-state index in [0.717, 1.165) is 12.8 Å². The maximum absolute atomic E-state index is 12.5. The molecule has 8 heteroatoms. The molecule has 3 rings (SSSR count). The van der Waals surface area contributed by atoms with Crippen LogP contribution in [-0.4, -0.2) is 64.3 Å². The van der Waals surface area contributed by atoms with Crippen molar-refractivity contribution in [1.82, 2.24) is 10.2 Å². The largest absolute Gasteiger partial charge is 0.493 e. The second kappa shape index (κ2) is 11.3. The summed E-state index contributed by atoms with van der Waals surface area (Å²) < 4.78 is 21.3. The Labute approximate surface area is 188 Å². The molecule has 0 atom stereocenters. The minimum Gasteiger partial charge on any atom is -0.493 e. The summed E-state index contributed by atoms with van der Waals surface area (Å²) in [6.45, 7) is 1.82. The van der Waals surface area contributed by atoms with Crippen LogP contribution in [0.2, 0.25) is 0 Å². The van der Waals surface area contributed by atoms with Crippen LogP contribution in [0.15, 0.2) is 42.5 Å². The number of carbonyl (C=O) groups excluding carboxylic acids is 2. The Hall–Kier alpha value is -3.42. The van der Waals surface area contributed by atoms with Crippen molar-refractivity contribution in [3.8, 4) is 23.0 Å². The van der Waals surface area contributed by atoms with E-state index in [9.17, 15) is 9.59 Å². The number of likely N-dealkylation sites (tertiary alicyclic amines) is 1. The SMILES string of the molecule is COc1ccc(C(=O)NCC2CCN(C(=O)COc3ccccc3OC)CC2)cc1OC. The molecule has 1 heterocycles. The van der Waals surface area contributed by atoms with Crippen molar-refractivity contribution >= 4 is 11.8 Å². The highest BCUT2D eigenvalue weighted by atomic mass is 16.5. The highest BCUT2D eigenvalue weighted by Gasteiger charge is 2.24. The fourth-order valence-electron chi connectivity index (χ4n) is 3.67. The molecule has 2 amide bonds. The predicted octanol–water partition coefficient (Wildman–Crippen LogP) is 2.76. The number of nitrogens with zero attached hydrogens (tertiary/aromatic N) is 1. The maximum atomic E-state index is 12.5. The summed E-state index contributed by atoms with van der Waals surface area (Å²) in [5, 5.41) is 2.98. The lowest BCUT2D eigenvalue weighted by molar-refractivity contribution is -0.134. The predicted molar refractivity (Wildman–Crippen MR) is 120 cm³/mol. The average molecular weight is 443 g/mol. The Morgan fingerprint density at radius 2 is 1.53 bits per heavy atom. The molecule has 1 aliphatic heterocycles. The molecule has 1 fully saturated rings. The van der Waals surface area contributed by atoms with E-state index >= 15 is 0 Å². The van der Waals surface area contributed by atoms with Gasteiger partial charge in [0.2, 0.25) is 0 Å². The third-order valence-corrected chi connectivity index (χ3v) is 5.58. The van der Waals surface area contributed by atoms with Crippen LogP contribution in [0, 0.1) is 5.92 Å². The van der Waals surface area contributed by atoms with Gasteiger partial charge in [-0.15, -0.1) is 0 Å². The Morgan fingerprint density at radius 1 is 0.906 bits per heavy atom. The van der Waals surface area contributed by atoms with Crippen molar-refractivity contribution < 1.29 is 28.5 Å². The molecule has 2 aromatic carbocycles. The van der Waals surface area contributed by atoms with Gasteiger partial charge in [-0.1, -0.05) is 12.1 Å². The molecule has 0 saturated carbocycles. The van der Waals surface area contributed by atoms with E-state index in [1.807, 2.05) is 17.0 Å². The fourth-order valence-corrected chi connectivity index (χ4v) is 3.67. The number of piperidine rings is 1. The van der Waals surface area contributed by atoms with E-state index in [2.05, 4.69) is 5.32 Å². The van der Waals surface area contributed by atoms with Crippen LogP contribution >= 0.6 is 0 Å². The van der Waals surface area contributed by atoms with Crippen LogP contribution in [0.1, 0.15) is 23.2 Å². The summed E-state index contributed by atoms with van der Waals surface area (Å²) in [6.07, 6.45) is 1.65. The number of amides is 2. The van der Waals surface area contributed by atoms with E-state index < -0.39 is 0 Å². The van der Waals surface area contributed by atoms with Gasteiger partial charge < -0.3 is 29.2 Å². The second-order valence-electron chi connectivity index (χ2n) is 7.54. The number of hydrogen-bond donors (Lipinski definition) is 1. The first-order chi connectivity index (χ1) is 15.5. The van der Waals surface area contributed by atoms with Crippen molar-refractivity contribution in [3.63, 3.8) is 0 Å². The van der Waals surface area contributed by atoms with Crippen LogP contribution in [0.25, 0.3) is 0 Å². The summed E-state index contributed by atoms with van der Waals surface area (Å²) in [6, 6.07) is 12.3. The molecule has 1 N–H and O–H groups in total. The number of rotatable bonds is 9. The standard InChI is InChI=1S/C24H30N2O6/c1-29-19-6-4-5-7-21(19)32-16-23(27)26-12-10-17(11-13-26)15-25-24(28)18-8-9-20(30-2)22(14-18)31-3/h4-9,14,17H,10-13,15-16H2,1-3H3,(H,25,28). The van der Waals surface area contributed by atoms with Crippen molar-refractivity contribution in [2.24, 2.45) is 5.92 Å². The van der Waals surface area contributed by atoms with Gasteiger partial charge in [-0.2, -0.15) is 0 Å². The Bertz CT molecular complexity index is 924. The monoisotopic (exact) mass is 442 g/mol. The quantitative estimate of drug-likeness (QED) is 0.643. The molecular weight excluding hydrogens is 412 g/mol. The molecular formula is C24H30N2O6. The Morgan fingerprint density at radius 3 is 2.19 bits per heavy atom. The second-order valence-corrected chi connectivity index (χ2v) is 7.54. The lowest BCUT2D eigenvalue weighted by atomic mass is 9.96. The van der Waals surface area contributed by atoms with Gasteiger partial charge in [-0.25, -0.2) is 0 Å². The van der Waals surface area contributed by atoms with Crippen molar-refractivity contribution in [2.75, 3.05) is 47.6 Å². The highest BCUT2D eigenvalue weighted by molar-refractivity contribution is 5.94. The molecule has 0 spiro atoms. The smallest absolute Gasteiger partial charge is 0.260 e. The van der Waals surface area contributed by atoms with E-state index in [1.54, 1.807) is 44.6 Å². The number of ether oxygens (including phenoxy) is 4. The molecule has 1 saturated heterocycles. The number of benzene rings is 2.